The van der Waals surface area contributed by atoms with Crippen LogP contribution in [0.25, 0.3) is 0 Å². The second-order valence-electron chi connectivity index (χ2n) is 6.95. The highest BCUT2D eigenvalue weighted by atomic mass is 16.5. The zero-order valence-electron chi connectivity index (χ0n) is 15.6. The molecule has 138 valence electrons. The van der Waals surface area contributed by atoms with E-state index < -0.39 is 6.10 Å². The number of ether oxygens (including phenoxy) is 1. The number of likely N-dealkylation sites (N-methyl/N-ethyl adjacent to an activating group) is 1. The number of carbonyl (C=O) groups is 1. The van der Waals surface area contributed by atoms with Gasteiger partial charge in [0.25, 0.3) is 5.91 Å². The van der Waals surface area contributed by atoms with Crippen molar-refractivity contribution in [1.82, 2.24) is 4.90 Å². The molecule has 0 saturated carbocycles. The minimum absolute atomic E-state index is 0.238. The molecule has 2 aromatic carbocycles. The van der Waals surface area contributed by atoms with Crippen LogP contribution in [0.1, 0.15) is 17.0 Å². The summed E-state index contributed by atoms with van der Waals surface area (Å²) in [6.45, 7) is 1.29. The van der Waals surface area contributed by atoms with Crippen molar-refractivity contribution in [2.75, 3.05) is 39.2 Å². The minimum Gasteiger partial charge on any atom is -0.497 e. The summed E-state index contributed by atoms with van der Waals surface area (Å²) in [6.07, 6.45) is -0.452. The van der Waals surface area contributed by atoms with Gasteiger partial charge in [-0.25, -0.2) is 0 Å². The van der Waals surface area contributed by atoms with Crippen LogP contribution < -0.4 is 9.64 Å². The molecule has 1 aliphatic heterocycles. The highest BCUT2D eigenvalue weighted by Crippen LogP contribution is 2.35. The molecule has 0 aromatic heterocycles. The molecule has 0 fully saturated rings. The molecule has 0 unspecified atom stereocenters. The fraction of sp³-hybridized carbons (Fsp3) is 0.381. The van der Waals surface area contributed by atoms with Crippen LogP contribution in [0.5, 0.6) is 5.75 Å². The number of aliphatic hydroxyl groups excluding tert-OH is 1. The molecule has 3 rings (SSSR count). The Hall–Kier alpha value is -2.37. The first kappa shape index (κ1) is 18.4. The average molecular weight is 354 g/mol. The summed E-state index contributed by atoms with van der Waals surface area (Å²) in [4.78, 5) is 16.8. The van der Waals surface area contributed by atoms with Crippen molar-refractivity contribution in [3.8, 4) is 5.75 Å². The maximum Gasteiger partial charge on any atom is 0.256 e. The fourth-order valence-electron chi connectivity index (χ4n) is 3.43. The highest BCUT2D eigenvalue weighted by Gasteiger charge is 2.36. The van der Waals surface area contributed by atoms with Crippen molar-refractivity contribution < 1.29 is 14.6 Å². The number of nitrogens with zero attached hydrogens (tertiary/aromatic N) is 2. The molecule has 26 heavy (non-hydrogen) atoms. The van der Waals surface area contributed by atoms with E-state index in [4.69, 9.17) is 4.74 Å². The van der Waals surface area contributed by atoms with Crippen molar-refractivity contribution in [3.63, 3.8) is 0 Å². The number of amides is 1. The molecule has 2 aromatic rings. The van der Waals surface area contributed by atoms with E-state index in [-0.39, 0.29) is 11.8 Å². The largest absolute Gasteiger partial charge is 0.497 e. The van der Waals surface area contributed by atoms with Crippen molar-refractivity contribution in [1.29, 1.82) is 0 Å². The Morgan fingerprint density at radius 2 is 1.85 bits per heavy atom. The number of benzene rings is 2. The smallest absolute Gasteiger partial charge is 0.256 e. The molecule has 2 atom stereocenters. The molecular formula is C21H26N2O3. The number of carbonyl (C=O) groups excluding carboxylic acids is 1. The molecule has 1 heterocycles. The van der Waals surface area contributed by atoms with E-state index in [0.717, 1.165) is 29.1 Å². The van der Waals surface area contributed by atoms with Crippen molar-refractivity contribution in [3.05, 3.63) is 59.7 Å². The molecule has 5 nitrogen and oxygen atoms in total. The van der Waals surface area contributed by atoms with Crippen molar-refractivity contribution in [2.24, 2.45) is 0 Å². The Bertz CT molecular complexity index is 758. The number of hydrogen-bond donors (Lipinski definition) is 1. The van der Waals surface area contributed by atoms with Crippen LogP contribution in [-0.4, -0.2) is 56.3 Å². The summed E-state index contributed by atoms with van der Waals surface area (Å²) in [5.74, 6) is 0.243. The summed E-state index contributed by atoms with van der Waals surface area (Å²) in [5, 5.41) is 10.9. The van der Waals surface area contributed by atoms with E-state index in [1.54, 1.807) is 12.0 Å². The number of methoxy groups -OCH3 is 1. The van der Waals surface area contributed by atoms with Crippen LogP contribution in [0.15, 0.2) is 48.5 Å². The number of hydrogen-bond acceptors (Lipinski definition) is 4. The topological polar surface area (TPSA) is 53.0 Å². The first-order valence-corrected chi connectivity index (χ1v) is 8.87. The lowest BCUT2D eigenvalue weighted by atomic mass is 9.88. The third kappa shape index (κ3) is 3.74. The standard InChI is InChI=1S/C21H26N2O3/c1-22(2)12-13-23-19-7-5-4-6-16(19)14-18(20(24)21(23)25)15-8-10-17(26-3)11-9-15/h4-11,18,20,24H,12-14H2,1-3H3/t18-,20-/m1/s1. The Kier molecular flexibility index (Phi) is 5.59. The van der Waals surface area contributed by atoms with Gasteiger partial charge in [-0.05, 0) is 49.8 Å². The van der Waals surface area contributed by atoms with Crippen LogP contribution in [-0.2, 0) is 11.2 Å². The quantitative estimate of drug-likeness (QED) is 0.895. The van der Waals surface area contributed by atoms with E-state index in [1.807, 2.05) is 67.5 Å². The Morgan fingerprint density at radius 3 is 2.50 bits per heavy atom. The maximum absolute atomic E-state index is 13.1. The summed E-state index contributed by atoms with van der Waals surface area (Å²) in [6, 6.07) is 15.5. The van der Waals surface area contributed by atoms with Crippen molar-refractivity contribution in [2.45, 2.75) is 18.4 Å². The molecule has 0 spiro atoms. The number of aliphatic hydroxyl groups is 1. The summed E-state index contributed by atoms with van der Waals surface area (Å²) in [5.41, 5.74) is 2.92. The zero-order chi connectivity index (χ0) is 18.7. The summed E-state index contributed by atoms with van der Waals surface area (Å²) in [7, 11) is 5.58. The molecule has 1 amide bonds. The van der Waals surface area contributed by atoms with Gasteiger partial charge in [-0.3, -0.25) is 4.79 Å². The zero-order valence-corrected chi connectivity index (χ0v) is 15.6. The third-order valence-electron chi connectivity index (χ3n) is 4.94. The number of fused-ring (bicyclic) bond motifs is 1. The minimum atomic E-state index is -1.07. The third-order valence-corrected chi connectivity index (χ3v) is 4.94. The average Bonchev–Trinajstić information content (AvgIpc) is 2.76. The van der Waals surface area contributed by atoms with E-state index >= 15 is 0 Å². The van der Waals surface area contributed by atoms with Gasteiger partial charge in [0.1, 0.15) is 11.9 Å². The molecule has 0 saturated heterocycles. The van der Waals surface area contributed by atoms with Crippen LogP contribution in [0.2, 0.25) is 0 Å². The lowest BCUT2D eigenvalue weighted by molar-refractivity contribution is -0.127. The Balaban J connectivity index is 1.97. The summed E-state index contributed by atoms with van der Waals surface area (Å²) < 4.78 is 5.21. The molecule has 0 radical (unpaired) electrons. The molecule has 5 heteroatoms. The second-order valence-corrected chi connectivity index (χ2v) is 6.95. The molecule has 0 bridgehead atoms. The number of para-hydroxylation sites is 1. The van der Waals surface area contributed by atoms with Gasteiger partial charge < -0.3 is 19.6 Å². The first-order chi connectivity index (χ1) is 12.5. The fourth-order valence-corrected chi connectivity index (χ4v) is 3.43. The summed E-state index contributed by atoms with van der Waals surface area (Å²) >= 11 is 0. The highest BCUT2D eigenvalue weighted by molar-refractivity contribution is 5.98. The number of rotatable bonds is 5. The molecule has 1 N–H and O–H groups in total. The van der Waals surface area contributed by atoms with Crippen LogP contribution in [0.4, 0.5) is 5.69 Å². The molecule has 1 aliphatic rings. The van der Waals surface area contributed by atoms with Gasteiger partial charge in [-0.15, -0.1) is 0 Å². The van der Waals surface area contributed by atoms with E-state index in [0.29, 0.717) is 13.0 Å². The van der Waals surface area contributed by atoms with Gasteiger partial charge >= 0.3 is 0 Å². The van der Waals surface area contributed by atoms with Crippen LogP contribution >= 0.6 is 0 Å². The molecule has 0 aliphatic carbocycles. The monoisotopic (exact) mass is 354 g/mol. The van der Waals surface area contributed by atoms with E-state index in [1.165, 1.54) is 0 Å². The van der Waals surface area contributed by atoms with Gasteiger partial charge in [-0.1, -0.05) is 30.3 Å². The van der Waals surface area contributed by atoms with Crippen LogP contribution in [0.3, 0.4) is 0 Å². The Labute approximate surface area is 154 Å². The van der Waals surface area contributed by atoms with Gasteiger partial charge in [-0.2, -0.15) is 0 Å². The van der Waals surface area contributed by atoms with Gasteiger partial charge in [0, 0.05) is 24.7 Å². The van der Waals surface area contributed by atoms with Crippen molar-refractivity contribution >= 4 is 11.6 Å². The van der Waals surface area contributed by atoms with E-state index in [2.05, 4.69) is 0 Å². The normalized spacial score (nSPS) is 20.0. The molecular weight excluding hydrogens is 328 g/mol. The SMILES string of the molecule is COc1ccc([C@H]2Cc3ccccc3N(CCN(C)C)C(=O)[C@@H]2O)cc1. The number of anilines is 1. The maximum atomic E-state index is 13.1. The lowest BCUT2D eigenvalue weighted by Crippen LogP contribution is -2.43. The predicted molar refractivity (Wildman–Crippen MR) is 103 cm³/mol. The lowest BCUT2D eigenvalue weighted by Gasteiger charge is -2.26. The van der Waals surface area contributed by atoms with E-state index in [9.17, 15) is 9.90 Å². The second kappa shape index (κ2) is 7.89. The Morgan fingerprint density at radius 1 is 1.15 bits per heavy atom. The van der Waals surface area contributed by atoms with Gasteiger partial charge in [0.05, 0.1) is 7.11 Å². The van der Waals surface area contributed by atoms with Gasteiger partial charge in [0.2, 0.25) is 0 Å². The first-order valence-electron chi connectivity index (χ1n) is 8.87. The van der Waals surface area contributed by atoms with Crippen LogP contribution in [0, 0.1) is 0 Å². The van der Waals surface area contributed by atoms with Gasteiger partial charge in [0.15, 0.2) is 0 Å². The predicted octanol–water partition coefficient (Wildman–Crippen LogP) is 2.29.